The molecule has 6 nitrogen and oxygen atoms in total. The molecule has 0 aliphatic rings. The average molecular weight is 417 g/mol. The van der Waals surface area contributed by atoms with Crippen molar-refractivity contribution < 1.29 is 9.84 Å². The van der Waals surface area contributed by atoms with E-state index in [2.05, 4.69) is 33.4 Å². The number of fused-ring (bicyclic) bond motifs is 2. The first kappa shape index (κ1) is 18.7. The molecule has 7 heteroatoms. The smallest absolute Gasteiger partial charge is 0.159 e. The Hall–Kier alpha value is -3.29. The molecule has 0 saturated heterocycles. The maximum absolute atomic E-state index is 9.14. The van der Waals surface area contributed by atoms with Crippen LogP contribution < -0.4 is 4.74 Å². The van der Waals surface area contributed by atoms with Crippen LogP contribution in [0.2, 0.25) is 0 Å². The lowest BCUT2D eigenvalue weighted by Gasteiger charge is -2.08. The van der Waals surface area contributed by atoms with Gasteiger partial charge in [-0.15, -0.1) is 11.8 Å². The van der Waals surface area contributed by atoms with E-state index in [1.807, 2.05) is 42.5 Å². The van der Waals surface area contributed by atoms with Gasteiger partial charge in [0.1, 0.15) is 17.0 Å². The van der Waals surface area contributed by atoms with Gasteiger partial charge < -0.3 is 14.8 Å². The number of nitrogens with one attached hydrogen (secondary N) is 2. The topological polar surface area (TPSA) is 86.8 Å². The molecule has 0 spiro atoms. The number of nitrogens with zero attached hydrogens (tertiary/aromatic N) is 2. The van der Waals surface area contributed by atoms with Gasteiger partial charge in [0, 0.05) is 21.6 Å². The lowest BCUT2D eigenvalue weighted by atomic mass is 10.0. The van der Waals surface area contributed by atoms with E-state index in [-0.39, 0.29) is 6.61 Å². The minimum absolute atomic E-state index is 0.136. The van der Waals surface area contributed by atoms with Crippen molar-refractivity contribution in [2.75, 3.05) is 19.5 Å². The van der Waals surface area contributed by atoms with Gasteiger partial charge in [0.2, 0.25) is 0 Å². The predicted octanol–water partition coefficient (Wildman–Crippen LogP) is 4.87. The number of aromatic amines is 2. The van der Waals surface area contributed by atoms with Crippen LogP contribution in [0.15, 0.2) is 65.6 Å². The van der Waals surface area contributed by atoms with Crippen LogP contribution in [0.4, 0.5) is 0 Å². The van der Waals surface area contributed by atoms with Crippen LogP contribution in [0.1, 0.15) is 0 Å². The first-order valence-electron chi connectivity index (χ1n) is 9.63. The van der Waals surface area contributed by atoms with Crippen LogP contribution >= 0.6 is 11.8 Å². The molecule has 3 aromatic carbocycles. The van der Waals surface area contributed by atoms with E-state index < -0.39 is 0 Å². The van der Waals surface area contributed by atoms with E-state index >= 15 is 0 Å². The van der Waals surface area contributed by atoms with Gasteiger partial charge in [0.05, 0.1) is 24.8 Å². The maximum atomic E-state index is 9.14. The third-order valence-electron chi connectivity index (χ3n) is 5.03. The van der Waals surface area contributed by atoms with E-state index in [1.165, 1.54) is 0 Å². The van der Waals surface area contributed by atoms with E-state index in [0.29, 0.717) is 5.75 Å². The van der Waals surface area contributed by atoms with Crippen molar-refractivity contribution in [2.24, 2.45) is 0 Å². The second kappa shape index (κ2) is 7.85. The average Bonchev–Trinajstić information content (AvgIpc) is 3.41. The molecule has 2 aromatic heterocycles. The van der Waals surface area contributed by atoms with Crippen molar-refractivity contribution in [3.8, 4) is 28.4 Å². The summed E-state index contributed by atoms with van der Waals surface area (Å²) in [6.45, 7) is 0.136. The van der Waals surface area contributed by atoms with Gasteiger partial charge in [-0.05, 0) is 35.9 Å². The molecule has 5 rings (SSSR count). The number of benzene rings is 3. The van der Waals surface area contributed by atoms with E-state index in [4.69, 9.17) is 14.8 Å². The zero-order chi connectivity index (χ0) is 20.5. The molecule has 0 radical (unpaired) electrons. The van der Waals surface area contributed by atoms with Gasteiger partial charge >= 0.3 is 0 Å². The van der Waals surface area contributed by atoms with Crippen molar-refractivity contribution in [3.05, 3.63) is 60.7 Å². The lowest BCUT2D eigenvalue weighted by molar-refractivity contribution is 0.322. The van der Waals surface area contributed by atoms with Gasteiger partial charge in [0.25, 0.3) is 0 Å². The summed E-state index contributed by atoms with van der Waals surface area (Å²) in [6.07, 6.45) is 0. The van der Waals surface area contributed by atoms with Crippen LogP contribution in [-0.2, 0) is 0 Å². The normalized spacial score (nSPS) is 11.4. The van der Waals surface area contributed by atoms with Crippen LogP contribution in [0, 0.1) is 0 Å². The summed E-state index contributed by atoms with van der Waals surface area (Å²) >= 11 is 1.59. The van der Waals surface area contributed by atoms with Crippen molar-refractivity contribution in [3.63, 3.8) is 0 Å². The molecule has 0 fully saturated rings. The molecule has 0 saturated carbocycles. The molecule has 0 aliphatic carbocycles. The number of H-pyrrole nitrogens is 2. The fraction of sp³-hybridized carbons (Fsp3) is 0.130. The number of imidazole rings is 1. The summed E-state index contributed by atoms with van der Waals surface area (Å²) in [5.41, 5.74) is 5.66. The largest absolute Gasteiger partial charge is 0.496 e. The van der Waals surface area contributed by atoms with Gasteiger partial charge in [-0.25, -0.2) is 4.98 Å². The number of methoxy groups -OCH3 is 1. The molecule has 0 aliphatic heterocycles. The summed E-state index contributed by atoms with van der Waals surface area (Å²) in [7, 11) is 1.68. The highest BCUT2D eigenvalue weighted by atomic mass is 32.2. The summed E-state index contributed by atoms with van der Waals surface area (Å²) in [4.78, 5) is 9.23. The Kier molecular flexibility index (Phi) is 4.90. The minimum Gasteiger partial charge on any atom is -0.496 e. The number of ether oxygens (including phenoxy) is 1. The number of aliphatic hydroxyl groups is 1. The Morgan fingerprint density at radius 2 is 1.93 bits per heavy atom. The molecule has 5 aromatic rings. The summed E-state index contributed by atoms with van der Waals surface area (Å²) in [5.74, 6) is 2.19. The van der Waals surface area contributed by atoms with Crippen LogP contribution in [0.3, 0.4) is 0 Å². The van der Waals surface area contributed by atoms with E-state index in [1.54, 1.807) is 18.9 Å². The SMILES string of the molecule is COc1ccccc1-c1ccc2c(-c3nc4c(SCCO)cccc4[nH]3)n[nH]c2c1. The van der Waals surface area contributed by atoms with Gasteiger partial charge in [-0.2, -0.15) is 5.10 Å². The van der Waals surface area contributed by atoms with Crippen LogP contribution in [0.25, 0.3) is 44.6 Å². The fourth-order valence-corrected chi connectivity index (χ4v) is 4.42. The predicted molar refractivity (Wildman–Crippen MR) is 121 cm³/mol. The first-order valence-corrected chi connectivity index (χ1v) is 10.6. The van der Waals surface area contributed by atoms with E-state index in [9.17, 15) is 0 Å². The second-order valence-electron chi connectivity index (χ2n) is 6.84. The number of hydrogen-bond acceptors (Lipinski definition) is 5. The van der Waals surface area contributed by atoms with Crippen molar-refractivity contribution >= 4 is 33.7 Å². The molecular formula is C23H20N4O2S. The zero-order valence-corrected chi connectivity index (χ0v) is 17.2. The van der Waals surface area contributed by atoms with Crippen molar-refractivity contribution in [1.82, 2.24) is 20.2 Å². The van der Waals surface area contributed by atoms with Crippen molar-refractivity contribution in [1.29, 1.82) is 0 Å². The molecule has 3 N–H and O–H groups in total. The molecule has 0 atom stereocenters. The zero-order valence-electron chi connectivity index (χ0n) is 16.3. The summed E-state index contributed by atoms with van der Waals surface area (Å²) in [5, 5.41) is 17.8. The monoisotopic (exact) mass is 416 g/mol. The number of para-hydroxylation sites is 2. The van der Waals surface area contributed by atoms with Gasteiger partial charge in [-0.3, -0.25) is 5.10 Å². The Morgan fingerprint density at radius 1 is 1.03 bits per heavy atom. The second-order valence-corrected chi connectivity index (χ2v) is 7.98. The fourth-order valence-electron chi connectivity index (χ4n) is 3.64. The Morgan fingerprint density at radius 3 is 2.80 bits per heavy atom. The number of hydrogen-bond donors (Lipinski definition) is 3. The highest BCUT2D eigenvalue weighted by molar-refractivity contribution is 7.99. The molecular weight excluding hydrogens is 396 g/mol. The van der Waals surface area contributed by atoms with E-state index in [0.717, 1.165) is 55.2 Å². The summed E-state index contributed by atoms with van der Waals surface area (Å²) in [6, 6.07) is 20.2. The van der Waals surface area contributed by atoms with Gasteiger partial charge in [0.15, 0.2) is 5.82 Å². The maximum Gasteiger partial charge on any atom is 0.159 e. The lowest BCUT2D eigenvalue weighted by Crippen LogP contribution is -1.87. The quantitative estimate of drug-likeness (QED) is 0.344. The molecule has 150 valence electrons. The van der Waals surface area contributed by atoms with Crippen LogP contribution in [-0.4, -0.2) is 44.7 Å². The Labute approximate surface area is 177 Å². The Bertz CT molecular complexity index is 1340. The first-order chi connectivity index (χ1) is 14.8. The van der Waals surface area contributed by atoms with Crippen LogP contribution in [0.5, 0.6) is 5.75 Å². The summed E-state index contributed by atoms with van der Waals surface area (Å²) < 4.78 is 5.50. The number of rotatable bonds is 6. The minimum atomic E-state index is 0.136. The number of aliphatic hydroxyl groups excluding tert-OH is 1. The van der Waals surface area contributed by atoms with Crippen molar-refractivity contribution in [2.45, 2.75) is 4.90 Å². The number of aromatic nitrogens is 4. The number of thioether (sulfide) groups is 1. The standard InChI is InChI=1S/C23H20N4O2S/c1-29-19-7-3-2-5-15(19)14-9-10-16-18(13-14)26-27-21(16)23-24-17-6-4-8-20(22(17)25-23)30-12-11-28/h2-10,13,28H,11-12H2,1H3,(H,24,25)(H,26,27). The molecule has 2 heterocycles. The van der Waals surface area contributed by atoms with Gasteiger partial charge in [-0.1, -0.05) is 30.3 Å². The molecule has 0 unspecified atom stereocenters. The Balaban J connectivity index is 1.57. The highest BCUT2D eigenvalue weighted by Gasteiger charge is 2.15. The third-order valence-corrected chi connectivity index (χ3v) is 6.06. The highest BCUT2D eigenvalue weighted by Crippen LogP contribution is 2.34. The third kappa shape index (κ3) is 3.22. The molecule has 30 heavy (non-hydrogen) atoms. The molecule has 0 bridgehead atoms. The molecule has 0 amide bonds.